The Hall–Kier alpha value is -4.46. The van der Waals surface area contributed by atoms with E-state index in [1.807, 2.05) is 30.5 Å². The number of pyridine rings is 1. The summed E-state index contributed by atoms with van der Waals surface area (Å²) in [5.74, 6) is -0.487. The van der Waals surface area contributed by atoms with Crippen molar-refractivity contribution in [2.45, 2.75) is 45.1 Å². The smallest absolute Gasteiger partial charge is 0.240 e. The number of nitrogens with two attached hydrogens (primary N) is 2. The zero-order valence-corrected chi connectivity index (χ0v) is 27.8. The number of amides is 2. The molecule has 1 saturated heterocycles. The van der Waals surface area contributed by atoms with E-state index in [2.05, 4.69) is 43.8 Å². The second-order valence-corrected chi connectivity index (χ2v) is 12.5. The lowest BCUT2D eigenvalue weighted by Gasteiger charge is -2.35. The van der Waals surface area contributed by atoms with Crippen LogP contribution in [0.15, 0.2) is 54.7 Å². The number of primary amides is 1. The fraction of sp³-hybridized carbons (Fsp3) is 0.412. The van der Waals surface area contributed by atoms with Gasteiger partial charge in [0.2, 0.25) is 17.6 Å². The summed E-state index contributed by atoms with van der Waals surface area (Å²) in [5.41, 5.74) is 16.2. The first-order valence-corrected chi connectivity index (χ1v) is 16.2. The molecule has 2 amide bonds. The largest absolute Gasteiger partial charge is 0.368 e. The SMILES string of the molecule is Cc1cc(N2CCNCC2)ncc1-c1ccc(C[C@@H](C(N)=O)N(c2ccc(-c3nn[nH]n3)c(F)c2)C(=O)[C@H]2CC[C@H](CN)CC2)cc1.Cl. The van der Waals surface area contributed by atoms with E-state index in [9.17, 15) is 9.59 Å². The number of H-pyrrole nitrogens is 1. The average Bonchev–Trinajstić information content (AvgIpc) is 3.63. The molecule has 14 heteroatoms. The van der Waals surface area contributed by atoms with E-state index < -0.39 is 17.8 Å². The third-order valence-corrected chi connectivity index (χ3v) is 9.46. The Balaban J connectivity index is 0.00000451. The van der Waals surface area contributed by atoms with Crippen LogP contribution in [0.4, 0.5) is 15.9 Å². The number of carbonyl (C=O) groups excluding carboxylic acids is 2. The van der Waals surface area contributed by atoms with Crippen LogP contribution in [-0.4, -0.2) is 76.2 Å². The van der Waals surface area contributed by atoms with Gasteiger partial charge in [0.05, 0.1) is 5.56 Å². The molecular weight excluding hydrogens is 635 g/mol. The van der Waals surface area contributed by atoms with Gasteiger partial charge in [-0.3, -0.25) is 14.5 Å². The Bertz CT molecular complexity index is 1690. The van der Waals surface area contributed by atoms with E-state index in [4.69, 9.17) is 16.5 Å². The van der Waals surface area contributed by atoms with Crippen molar-refractivity contribution in [3.63, 3.8) is 0 Å². The molecule has 6 N–H and O–H groups in total. The highest BCUT2D eigenvalue weighted by Crippen LogP contribution is 2.34. The number of hydrogen-bond donors (Lipinski definition) is 4. The van der Waals surface area contributed by atoms with Crippen LogP contribution < -0.4 is 26.6 Å². The van der Waals surface area contributed by atoms with Crippen LogP contribution in [0.1, 0.15) is 36.8 Å². The van der Waals surface area contributed by atoms with E-state index in [0.29, 0.717) is 25.3 Å². The predicted octanol–water partition coefficient (Wildman–Crippen LogP) is 3.40. The Kier molecular flexibility index (Phi) is 11.3. The van der Waals surface area contributed by atoms with Crippen molar-refractivity contribution in [1.29, 1.82) is 0 Å². The second kappa shape index (κ2) is 15.6. The maximum Gasteiger partial charge on any atom is 0.240 e. The fourth-order valence-corrected chi connectivity index (χ4v) is 6.69. The predicted molar refractivity (Wildman–Crippen MR) is 185 cm³/mol. The topological polar surface area (TPSA) is 172 Å². The Morgan fingerprint density at radius 3 is 2.38 bits per heavy atom. The summed E-state index contributed by atoms with van der Waals surface area (Å²) in [7, 11) is 0. The summed E-state index contributed by atoms with van der Waals surface area (Å²) in [6, 6.07) is 13.2. The molecule has 1 atom stereocenters. The number of anilines is 2. The molecule has 254 valence electrons. The Morgan fingerprint density at radius 1 is 1.04 bits per heavy atom. The highest BCUT2D eigenvalue weighted by atomic mass is 35.5. The lowest BCUT2D eigenvalue weighted by atomic mass is 9.81. The average molecular weight is 677 g/mol. The fourth-order valence-electron chi connectivity index (χ4n) is 6.69. The molecular formula is C34H42ClFN10O2. The highest BCUT2D eigenvalue weighted by molar-refractivity contribution is 6.02. The van der Waals surface area contributed by atoms with Crippen molar-refractivity contribution in [2.75, 3.05) is 42.5 Å². The number of aryl methyl sites for hydroxylation is 1. The van der Waals surface area contributed by atoms with E-state index in [-0.39, 0.29) is 47.7 Å². The minimum atomic E-state index is -1.04. The molecule has 0 radical (unpaired) electrons. The lowest BCUT2D eigenvalue weighted by molar-refractivity contribution is -0.127. The van der Waals surface area contributed by atoms with Crippen molar-refractivity contribution in [1.82, 2.24) is 30.9 Å². The maximum absolute atomic E-state index is 15.4. The summed E-state index contributed by atoms with van der Waals surface area (Å²) >= 11 is 0. The first-order chi connectivity index (χ1) is 22.8. The van der Waals surface area contributed by atoms with Crippen LogP contribution in [-0.2, 0) is 16.0 Å². The van der Waals surface area contributed by atoms with E-state index in [0.717, 1.165) is 67.1 Å². The van der Waals surface area contributed by atoms with Crippen molar-refractivity contribution >= 4 is 35.7 Å². The summed E-state index contributed by atoms with van der Waals surface area (Å²) in [6.45, 7) is 6.37. The molecule has 2 fully saturated rings. The van der Waals surface area contributed by atoms with Crippen LogP contribution in [0.3, 0.4) is 0 Å². The molecule has 1 saturated carbocycles. The van der Waals surface area contributed by atoms with Gasteiger partial charge in [-0.25, -0.2) is 9.37 Å². The number of rotatable bonds is 10. The molecule has 1 aliphatic heterocycles. The number of piperazine rings is 1. The molecule has 0 unspecified atom stereocenters. The van der Waals surface area contributed by atoms with Gasteiger partial charge >= 0.3 is 0 Å². The van der Waals surface area contributed by atoms with Gasteiger partial charge in [-0.05, 0) is 91.2 Å². The summed E-state index contributed by atoms with van der Waals surface area (Å²) in [6.07, 6.45) is 4.98. The molecule has 2 aromatic heterocycles. The number of halogens is 2. The van der Waals surface area contributed by atoms with Crippen molar-refractivity contribution in [3.05, 3.63) is 71.7 Å². The zero-order chi connectivity index (χ0) is 32.9. The maximum atomic E-state index is 15.4. The number of benzene rings is 2. The molecule has 0 spiro atoms. The molecule has 2 aromatic carbocycles. The van der Waals surface area contributed by atoms with Crippen LogP contribution >= 0.6 is 12.4 Å². The summed E-state index contributed by atoms with van der Waals surface area (Å²) in [4.78, 5) is 35.7. The molecule has 2 aliphatic rings. The number of aromatic nitrogens is 5. The van der Waals surface area contributed by atoms with Gasteiger partial charge in [0.15, 0.2) is 0 Å². The quantitative estimate of drug-likeness (QED) is 0.196. The van der Waals surface area contributed by atoms with Gasteiger partial charge in [0.25, 0.3) is 0 Å². The van der Waals surface area contributed by atoms with Crippen LogP contribution in [0.25, 0.3) is 22.5 Å². The van der Waals surface area contributed by atoms with Crippen molar-refractivity contribution < 1.29 is 14.0 Å². The first kappa shape index (κ1) is 34.9. The number of aromatic amines is 1. The van der Waals surface area contributed by atoms with Crippen LogP contribution in [0, 0.1) is 24.6 Å². The van der Waals surface area contributed by atoms with Crippen LogP contribution in [0.2, 0.25) is 0 Å². The highest BCUT2D eigenvalue weighted by Gasteiger charge is 2.36. The van der Waals surface area contributed by atoms with Crippen molar-refractivity contribution in [2.24, 2.45) is 23.3 Å². The van der Waals surface area contributed by atoms with Gasteiger partial charge in [-0.2, -0.15) is 5.21 Å². The Labute approximate surface area is 285 Å². The van der Waals surface area contributed by atoms with Gasteiger partial charge < -0.3 is 21.7 Å². The molecule has 0 bridgehead atoms. The van der Waals surface area contributed by atoms with Crippen LogP contribution in [0.5, 0.6) is 0 Å². The molecule has 3 heterocycles. The molecule has 48 heavy (non-hydrogen) atoms. The molecule has 12 nitrogen and oxygen atoms in total. The third-order valence-electron chi connectivity index (χ3n) is 9.46. The minimum absolute atomic E-state index is 0. The number of tetrazole rings is 1. The van der Waals surface area contributed by atoms with Gasteiger partial charge in [-0.1, -0.05) is 24.3 Å². The van der Waals surface area contributed by atoms with Gasteiger partial charge in [0.1, 0.15) is 17.7 Å². The third kappa shape index (κ3) is 7.64. The molecule has 6 rings (SSSR count). The monoisotopic (exact) mass is 676 g/mol. The number of nitrogens with zero attached hydrogens (tertiary/aromatic N) is 6. The van der Waals surface area contributed by atoms with E-state index in [1.54, 1.807) is 6.07 Å². The lowest BCUT2D eigenvalue weighted by Crippen LogP contribution is -2.52. The van der Waals surface area contributed by atoms with Gasteiger partial charge in [-0.15, -0.1) is 22.6 Å². The zero-order valence-electron chi connectivity index (χ0n) is 26.9. The second-order valence-electron chi connectivity index (χ2n) is 12.5. The summed E-state index contributed by atoms with van der Waals surface area (Å²) < 4.78 is 15.4. The summed E-state index contributed by atoms with van der Waals surface area (Å²) in [5, 5.41) is 16.9. The Morgan fingerprint density at radius 2 is 1.77 bits per heavy atom. The minimum Gasteiger partial charge on any atom is -0.368 e. The standard InChI is InChI=1S/C34H41FN10O2.ClH/c1-21-16-31(44-14-12-38-13-15-44)39-20-28(21)24-6-2-22(3-7-24)17-30(32(37)46)45(34(47)25-8-4-23(19-36)5-9-25)26-10-11-27(29(35)18-26)33-40-42-43-41-33;/h2-3,6-7,10-11,16,18,20,23,25,30,38H,4-5,8-9,12-15,17,19,36H2,1H3,(H2,37,46)(H,40,41,42,43);1H/t23-,25-,30-;/m0./s1. The van der Waals surface area contributed by atoms with E-state index >= 15 is 4.39 Å². The van der Waals surface area contributed by atoms with Crippen molar-refractivity contribution in [3.8, 4) is 22.5 Å². The number of nitrogens with one attached hydrogen (secondary N) is 2. The number of carbonyl (C=O) groups is 2. The first-order valence-electron chi connectivity index (χ1n) is 16.2. The van der Waals surface area contributed by atoms with Gasteiger partial charge in [0, 0.05) is 56.0 Å². The number of hydrogen-bond acceptors (Lipinski definition) is 9. The molecule has 1 aliphatic carbocycles. The van der Waals surface area contributed by atoms with E-state index in [1.165, 1.54) is 17.0 Å². The normalized spacial score (nSPS) is 18.5. The molecule has 4 aromatic rings.